The molecular formula is C30H39N3O. The van der Waals surface area contributed by atoms with Gasteiger partial charge in [0.05, 0.1) is 0 Å². The Bertz CT molecular complexity index is 1070. The minimum atomic E-state index is 0.0459. The van der Waals surface area contributed by atoms with E-state index in [1.54, 1.807) is 0 Å². The van der Waals surface area contributed by atoms with Gasteiger partial charge in [-0.15, -0.1) is 0 Å². The molecule has 5 rings (SSSR count). The van der Waals surface area contributed by atoms with Gasteiger partial charge in [0, 0.05) is 60.8 Å². The fourth-order valence-electron chi connectivity index (χ4n) is 6.37. The van der Waals surface area contributed by atoms with Crippen molar-refractivity contribution >= 4 is 16.7 Å². The third kappa shape index (κ3) is 5.43. The topological polar surface area (TPSA) is 60.9 Å². The van der Waals surface area contributed by atoms with Gasteiger partial charge in [-0.1, -0.05) is 43.5 Å². The van der Waals surface area contributed by atoms with Crippen LogP contribution in [0, 0.1) is 11.8 Å². The lowest BCUT2D eigenvalue weighted by molar-refractivity contribution is -0.120. The molecule has 180 valence electrons. The van der Waals surface area contributed by atoms with E-state index in [1.807, 2.05) is 18.5 Å². The summed E-state index contributed by atoms with van der Waals surface area (Å²) in [4.78, 5) is 17.8. The third-order valence-electron chi connectivity index (χ3n) is 8.30. The number of hydrogen-bond donors (Lipinski definition) is 1. The number of para-hydroxylation sites is 1. The summed E-state index contributed by atoms with van der Waals surface area (Å²) in [6, 6.07) is 13.2. The average Bonchev–Trinajstić information content (AvgIpc) is 3.23. The highest BCUT2D eigenvalue weighted by atomic mass is 16.1. The van der Waals surface area contributed by atoms with Crippen LogP contribution in [-0.4, -0.2) is 21.4 Å². The van der Waals surface area contributed by atoms with Crippen LogP contribution >= 0.6 is 0 Å². The number of benzene rings is 1. The molecule has 2 heterocycles. The molecule has 0 radical (unpaired) electrons. The second-order valence-electron chi connectivity index (χ2n) is 10.8. The lowest BCUT2D eigenvalue weighted by Crippen LogP contribution is -2.27. The molecule has 0 bridgehead atoms. The van der Waals surface area contributed by atoms with Gasteiger partial charge in [-0.2, -0.15) is 0 Å². The van der Waals surface area contributed by atoms with Crippen molar-refractivity contribution in [2.75, 3.05) is 0 Å². The van der Waals surface area contributed by atoms with Gasteiger partial charge >= 0.3 is 0 Å². The van der Waals surface area contributed by atoms with Gasteiger partial charge in [-0.05, 0) is 73.6 Å². The molecule has 2 N–H and O–H groups in total. The van der Waals surface area contributed by atoms with E-state index >= 15 is 0 Å². The number of Topliss-reactive ketones (excluding diaryl/α,β-unsaturated/α-hetero) is 1. The number of aromatic nitrogens is 2. The van der Waals surface area contributed by atoms with E-state index in [9.17, 15) is 4.79 Å². The number of ketones is 1. The predicted molar refractivity (Wildman–Crippen MR) is 139 cm³/mol. The van der Waals surface area contributed by atoms with Crippen molar-refractivity contribution in [2.45, 2.75) is 89.1 Å². The first-order chi connectivity index (χ1) is 16.7. The van der Waals surface area contributed by atoms with Gasteiger partial charge in [0.2, 0.25) is 0 Å². The maximum atomic E-state index is 13.4. The van der Waals surface area contributed by atoms with Crippen molar-refractivity contribution in [1.82, 2.24) is 9.55 Å². The summed E-state index contributed by atoms with van der Waals surface area (Å²) in [7, 11) is 0. The number of fused-ring (bicyclic) bond motifs is 1. The highest BCUT2D eigenvalue weighted by Gasteiger charge is 2.26. The normalized spacial score (nSPS) is 22.6. The third-order valence-corrected chi connectivity index (χ3v) is 8.30. The van der Waals surface area contributed by atoms with E-state index in [0.29, 0.717) is 30.6 Å². The minimum absolute atomic E-state index is 0.0459. The van der Waals surface area contributed by atoms with Crippen molar-refractivity contribution in [3.05, 3.63) is 66.1 Å². The number of pyridine rings is 1. The Balaban J connectivity index is 1.43. The summed E-state index contributed by atoms with van der Waals surface area (Å²) in [6.45, 7) is 1.08. The first-order valence-corrected chi connectivity index (χ1v) is 13.4. The molecular weight excluding hydrogens is 418 g/mol. The van der Waals surface area contributed by atoms with Crippen molar-refractivity contribution in [3.63, 3.8) is 0 Å². The Morgan fingerprint density at radius 2 is 1.76 bits per heavy atom. The smallest absolute Gasteiger partial charge is 0.134 e. The summed E-state index contributed by atoms with van der Waals surface area (Å²) in [5.74, 6) is 1.67. The van der Waals surface area contributed by atoms with Crippen LogP contribution in [0.5, 0.6) is 0 Å². The van der Waals surface area contributed by atoms with Gasteiger partial charge < -0.3 is 10.3 Å². The van der Waals surface area contributed by atoms with Crippen LogP contribution < -0.4 is 5.73 Å². The highest BCUT2D eigenvalue weighted by Crippen LogP contribution is 2.37. The van der Waals surface area contributed by atoms with Crippen LogP contribution in [0.4, 0.5) is 0 Å². The van der Waals surface area contributed by atoms with Crippen molar-refractivity contribution in [2.24, 2.45) is 17.6 Å². The van der Waals surface area contributed by atoms with E-state index in [1.165, 1.54) is 48.6 Å². The fourth-order valence-corrected chi connectivity index (χ4v) is 6.37. The number of hydrogen-bond acceptors (Lipinski definition) is 3. The minimum Gasteiger partial charge on any atom is -0.347 e. The summed E-state index contributed by atoms with van der Waals surface area (Å²) in [5, 5.41) is 1.28. The van der Waals surface area contributed by atoms with E-state index < -0.39 is 0 Å². The van der Waals surface area contributed by atoms with Crippen LogP contribution in [0.15, 0.2) is 55.0 Å². The zero-order valence-corrected chi connectivity index (χ0v) is 20.4. The second kappa shape index (κ2) is 10.9. The Morgan fingerprint density at radius 3 is 2.53 bits per heavy atom. The van der Waals surface area contributed by atoms with Gasteiger partial charge in [0.15, 0.2) is 0 Å². The van der Waals surface area contributed by atoms with Crippen LogP contribution in [-0.2, 0) is 11.3 Å². The van der Waals surface area contributed by atoms with E-state index in [2.05, 4.69) is 46.1 Å². The Morgan fingerprint density at radius 1 is 0.971 bits per heavy atom. The molecule has 1 atom stereocenters. The molecule has 0 saturated heterocycles. The molecule has 0 aliphatic heterocycles. The summed E-state index contributed by atoms with van der Waals surface area (Å²) >= 11 is 0. The van der Waals surface area contributed by atoms with Crippen molar-refractivity contribution in [3.8, 4) is 0 Å². The monoisotopic (exact) mass is 457 g/mol. The number of carbonyl (C=O) groups is 1. The molecule has 2 saturated carbocycles. The van der Waals surface area contributed by atoms with Crippen LogP contribution in [0.2, 0.25) is 0 Å². The molecule has 0 spiro atoms. The molecule has 4 heteroatoms. The first-order valence-electron chi connectivity index (χ1n) is 13.4. The molecule has 2 aliphatic rings. The maximum Gasteiger partial charge on any atom is 0.134 e. The van der Waals surface area contributed by atoms with Gasteiger partial charge in [0.25, 0.3) is 0 Å². The highest BCUT2D eigenvalue weighted by molar-refractivity contribution is 5.87. The van der Waals surface area contributed by atoms with Crippen LogP contribution in [0.1, 0.15) is 87.7 Å². The Kier molecular flexibility index (Phi) is 7.44. The Hall–Kier alpha value is -2.46. The molecule has 2 aromatic heterocycles. The molecule has 1 unspecified atom stereocenters. The zero-order valence-electron chi connectivity index (χ0n) is 20.4. The molecule has 0 amide bonds. The van der Waals surface area contributed by atoms with Crippen molar-refractivity contribution < 1.29 is 4.79 Å². The largest absolute Gasteiger partial charge is 0.347 e. The standard InChI is InChI=1S/C30H39N3O/c31-25-14-12-22(13-15-25)17-26(34)18-28(24-9-6-16-32-19-24)29-21-33(20-23-7-2-1-3-8-23)30-11-5-4-10-27(29)30/h4-6,9-11,16,19,21-23,25,28H,1-3,7-8,12-15,17-18,20,31H2. The van der Waals surface area contributed by atoms with E-state index in [0.717, 1.165) is 43.7 Å². The first kappa shape index (κ1) is 23.3. The summed E-state index contributed by atoms with van der Waals surface area (Å²) in [6.07, 6.45) is 18.4. The SMILES string of the molecule is NC1CCC(CC(=O)CC(c2cccnc2)c2cn(CC3CCCCC3)c3ccccc23)CC1. The van der Waals surface area contributed by atoms with E-state index in [4.69, 9.17) is 5.73 Å². The van der Waals surface area contributed by atoms with Gasteiger partial charge in [-0.25, -0.2) is 0 Å². The van der Waals surface area contributed by atoms with Crippen LogP contribution in [0.25, 0.3) is 10.9 Å². The summed E-state index contributed by atoms with van der Waals surface area (Å²) in [5.41, 5.74) is 9.80. The molecule has 2 aliphatic carbocycles. The van der Waals surface area contributed by atoms with Crippen molar-refractivity contribution in [1.29, 1.82) is 0 Å². The quantitative estimate of drug-likeness (QED) is 0.414. The number of rotatable bonds is 8. The molecule has 3 aromatic rings. The van der Waals surface area contributed by atoms with Crippen LogP contribution in [0.3, 0.4) is 0 Å². The zero-order chi connectivity index (χ0) is 23.3. The maximum absolute atomic E-state index is 13.4. The van der Waals surface area contributed by atoms with Gasteiger partial charge in [0.1, 0.15) is 5.78 Å². The fraction of sp³-hybridized carbons (Fsp3) is 0.533. The number of carbonyl (C=O) groups excluding carboxylic acids is 1. The second-order valence-corrected chi connectivity index (χ2v) is 10.8. The average molecular weight is 458 g/mol. The molecule has 34 heavy (non-hydrogen) atoms. The number of nitrogens with two attached hydrogens (primary N) is 1. The predicted octanol–water partition coefficient (Wildman–Crippen LogP) is 6.62. The van der Waals surface area contributed by atoms with Gasteiger partial charge in [-0.3, -0.25) is 9.78 Å². The van der Waals surface area contributed by atoms with E-state index in [-0.39, 0.29) is 5.92 Å². The Labute approximate surface area is 204 Å². The molecule has 2 fully saturated rings. The molecule has 4 nitrogen and oxygen atoms in total. The lowest BCUT2D eigenvalue weighted by Gasteiger charge is -2.26. The number of nitrogens with zero attached hydrogens (tertiary/aromatic N) is 2. The molecule has 1 aromatic carbocycles. The lowest BCUT2D eigenvalue weighted by atomic mass is 9.81. The summed E-state index contributed by atoms with van der Waals surface area (Å²) < 4.78 is 2.47.